The number of carbonyl (C=O) groups excluding carboxylic acids is 2. The van der Waals surface area contributed by atoms with Crippen LogP contribution in [0.2, 0.25) is 0 Å². The van der Waals surface area contributed by atoms with Crippen LogP contribution in [0.15, 0.2) is 48.7 Å². The third-order valence-corrected chi connectivity index (χ3v) is 5.01. The third kappa shape index (κ3) is 6.33. The number of amides is 2. The van der Waals surface area contributed by atoms with Gasteiger partial charge in [0.2, 0.25) is 0 Å². The smallest absolute Gasteiger partial charge is 0.313 e. The van der Waals surface area contributed by atoms with E-state index in [4.69, 9.17) is 4.74 Å². The predicted molar refractivity (Wildman–Crippen MR) is 123 cm³/mol. The molecule has 3 aromatic rings. The summed E-state index contributed by atoms with van der Waals surface area (Å²) in [6.07, 6.45) is 3.53. The van der Waals surface area contributed by atoms with E-state index in [0.29, 0.717) is 25.3 Å². The molecule has 3 rings (SSSR count). The molecule has 7 heteroatoms. The molecule has 0 atom stereocenters. The van der Waals surface area contributed by atoms with Crippen LogP contribution in [-0.2, 0) is 16.0 Å². The third-order valence-electron chi connectivity index (χ3n) is 5.01. The fraction of sp³-hybridized carbons (Fsp3) is 0.333. The number of benzene rings is 2. The van der Waals surface area contributed by atoms with Gasteiger partial charge >= 0.3 is 11.8 Å². The Morgan fingerprint density at radius 2 is 1.84 bits per heavy atom. The molecule has 1 aromatic heterocycles. The molecule has 164 valence electrons. The van der Waals surface area contributed by atoms with Crippen molar-refractivity contribution in [2.24, 2.45) is 0 Å². The summed E-state index contributed by atoms with van der Waals surface area (Å²) in [5.74, 6) is -0.606. The Hall–Kier alpha value is -3.32. The zero-order valence-corrected chi connectivity index (χ0v) is 18.3. The maximum absolute atomic E-state index is 12.2. The molecule has 0 saturated carbocycles. The molecule has 0 spiro atoms. The van der Waals surface area contributed by atoms with Gasteiger partial charge in [-0.05, 0) is 75.3 Å². The van der Waals surface area contributed by atoms with E-state index in [1.165, 1.54) is 10.9 Å². The number of anilines is 1. The molecule has 0 unspecified atom stereocenters. The average Bonchev–Trinajstić information content (AvgIpc) is 3.16. The summed E-state index contributed by atoms with van der Waals surface area (Å²) in [6, 6.07) is 13.1. The van der Waals surface area contributed by atoms with Crippen LogP contribution < -0.4 is 15.4 Å². The minimum Gasteiger partial charge on any atom is -0.494 e. The van der Waals surface area contributed by atoms with Crippen molar-refractivity contribution in [1.29, 1.82) is 0 Å². The van der Waals surface area contributed by atoms with Crippen molar-refractivity contribution < 1.29 is 14.3 Å². The SMILES string of the molecule is Cc1cccc2[nH]cc(CCNC(=O)C(=O)Nc3ccc(OCCCN(C)C)cc3)c12. The van der Waals surface area contributed by atoms with Crippen molar-refractivity contribution in [2.45, 2.75) is 19.8 Å². The summed E-state index contributed by atoms with van der Waals surface area (Å²) in [4.78, 5) is 29.7. The van der Waals surface area contributed by atoms with Gasteiger partial charge in [-0.15, -0.1) is 0 Å². The molecule has 0 bridgehead atoms. The lowest BCUT2D eigenvalue weighted by molar-refractivity contribution is -0.136. The lowest BCUT2D eigenvalue weighted by atomic mass is 10.1. The molecule has 7 nitrogen and oxygen atoms in total. The second-order valence-electron chi connectivity index (χ2n) is 7.80. The topological polar surface area (TPSA) is 86.5 Å². The lowest BCUT2D eigenvalue weighted by Crippen LogP contribution is -2.36. The zero-order valence-electron chi connectivity index (χ0n) is 18.3. The molecule has 2 amide bonds. The van der Waals surface area contributed by atoms with E-state index in [1.54, 1.807) is 24.3 Å². The van der Waals surface area contributed by atoms with Gasteiger partial charge in [0, 0.05) is 35.9 Å². The summed E-state index contributed by atoms with van der Waals surface area (Å²) < 4.78 is 5.67. The summed E-state index contributed by atoms with van der Waals surface area (Å²) in [7, 11) is 4.05. The molecule has 0 aliphatic rings. The van der Waals surface area contributed by atoms with Gasteiger partial charge in [-0.1, -0.05) is 12.1 Å². The number of aromatic nitrogens is 1. The maximum Gasteiger partial charge on any atom is 0.313 e. The second-order valence-corrected chi connectivity index (χ2v) is 7.80. The Labute approximate surface area is 182 Å². The highest BCUT2D eigenvalue weighted by Gasteiger charge is 2.14. The molecule has 31 heavy (non-hydrogen) atoms. The first kappa shape index (κ1) is 22.4. The van der Waals surface area contributed by atoms with Crippen LogP contribution in [0, 0.1) is 6.92 Å². The van der Waals surface area contributed by atoms with Crippen molar-refractivity contribution in [3.8, 4) is 5.75 Å². The van der Waals surface area contributed by atoms with Crippen molar-refractivity contribution in [1.82, 2.24) is 15.2 Å². The van der Waals surface area contributed by atoms with Gasteiger partial charge in [-0.2, -0.15) is 0 Å². The minimum absolute atomic E-state index is 0.382. The first-order chi connectivity index (χ1) is 14.9. The second kappa shape index (κ2) is 10.6. The molecule has 0 radical (unpaired) electrons. The van der Waals surface area contributed by atoms with Crippen LogP contribution in [-0.4, -0.2) is 55.5 Å². The molecular formula is C24H30N4O3. The van der Waals surface area contributed by atoms with Crippen molar-refractivity contribution in [3.63, 3.8) is 0 Å². The largest absolute Gasteiger partial charge is 0.494 e. The zero-order chi connectivity index (χ0) is 22.2. The molecule has 1 heterocycles. The van der Waals surface area contributed by atoms with E-state index >= 15 is 0 Å². The summed E-state index contributed by atoms with van der Waals surface area (Å²) in [5.41, 5.74) is 3.93. The highest BCUT2D eigenvalue weighted by Crippen LogP contribution is 2.22. The van der Waals surface area contributed by atoms with Gasteiger partial charge in [0.05, 0.1) is 6.61 Å². The van der Waals surface area contributed by atoms with Crippen LogP contribution >= 0.6 is 0 Å². The Morgan fingerprint density at radius 3 is 2.58 bits per heavy atom. The van der Waals surface area contributed by atoms with E-state index in [-0.39, 0.29) is 0 Å². The van der Waals surface area contributed by atoms with Crippen LogP contribution in [0.4, 0.5) is 5.69 Å². The number of nitrogens with zero attached hydrogens (tertiary/aromatic N) is 1. The monoisotopic (exact) mass is 422 g/mol. The quantitative estimate of drug-likeness (QED) is 0.365. The number of aromatic amines is 1. The normalized spacial score (nSPS) is 11.0. The predicted octanol–water partition coefficient (Wildman–Crippen LogP) is 3.10. The minimum atomic E-state index is -0.685. The first-order valence-electron chi connectivity index (χ1n) is 10.5. The van der Waals surface area contributed by atoms with Crippen molar-refractivity contribution in [3.05, 3.63) is 59.8 Å². The number of carbonyl (C=O) groups is 2. The number of hydrogen-bond donors (Lipinski definition) is 3. The van der Waals surface area contributed by atoms with Gasteiger partial charge in [-0.3, -0.25) is 9.59 Å². The fourth-order valence-corrected chi connectivity index (χ4v) is 3.43. The number of aryl methyl sites for hydroxylation is 1. The molecule has 0 aliphatic heterocycles. The fourth-order valence-electron chi connectivity index (χ4n) is 3.43. The van der Waals surface area contributed by atoms with E-state index in [2.05, 4.69) is 33.5 Å². The van der Waals surface area contributed by atoms with Crippen molar-refractivity contribution >= 4 is 28.4 Å². The number of rotatable bonds is 9. The number of H-pyrrole nitrogens is 1. The number of fused-ring (bicyclic) bond motifs is 1. The Bertz CT molecular complexity index is 1020. The van der Waals surface area contributed by atoms with E-state index in [9.17, 15) is 9.59 Å². The Balaban J connectivity index is 1.43. The number of hydrogen-bond acceptors (Lipinski definition) is 4. The molecule has 3 N–H and O–H groups in total. The highest BCUT2D eigenvalue weighted by atomic mass is 16.5. The standard InChI is InChI=1S/C24H30N4O3/c1-17-6-4-7-21-22(17)18(16-26-21)12-13-25-23(29)24(30)27-19-8-10-20(11-9-19)31-15-5-14-28(2)3/h4,6-11,16,26H,5,12-15H2,1-3H3,(H,25,29)(H,27,30). The molecule has 2 aromatic carbocycles. The number of nitrogens with one attached hydrogen (secondary N) is 3. The van der Waals surface area contributed by atoms with Crippen molar-refractivity contribution in [2.75, 3.05) is 39.1 Å². The van der Waals surface area contributed by atoms with Gasteiger partial charge < -0.3 is 25.3 Å². The number of ether oxygens (including phenoxy) is 1. The molecular weight excluding hydrogens is 392 g/mol. The Morgan fingerprint density at radius 1 is 1.06 bits per heavy atom. The summed E-state index contributed by atoms with van der Waals surface area (Å²) >= 11 is 0. The first-order valence-corrected chi connectivity index (χ1v) is 10.5. The van der Waals surface area contributed by atoms with E-state index < -0.39 is 11.8 Å². The average molecular weight is 423 g/mol. The van der Waals surface area contributed by atoms with Gasteiger partial charge in [0.1, 0.15) is 5.75 Å². The molecule has 0 fully saturated rings. The van der Waals surface area contributed by atoms with E-state index in [0.717, 1.165) is 29.8 Å². The van der Waals surface area contributed by atoms with Gasteiger partial charge in [0.25, 0.3) is 0 Å². The highest BCUT2D eigenvalue weighted by molar-refractivity contribution is 6.39. The molecule has 0 aliphatic carbocycles. The van der Waals surface area contributed by atoms with Gasteiger partial charge in [0.15, 0.2) is 0 Å². The maximum atomic E-state index is 12.2. The van der Waals surface area contributed by atoms with E-state index in [1.807, 2.05) is 32.4 Å². The van der Waals surface area contributed by atoms with Crippen LogP contribution in [0.1, 0.15) is 17.5 Å². The van der Waals surface area contributed by atoms with Crippen LogP contribution in [0.3, 0.4) is 0 Å². The lowest BCUT2D eigenvalue weighted by Gasteiger charge is -2.11. The Kier molecular flexibility index (Phi) is 7.67. The summed E-state index contributed by atoms with van der Waals surface area (Å²) in [6.45, 7) is 4.03. The van der Waals surface area contributed by atoms with Crippen LogP contribution in [0.5, 0.6) is 5.75 Å². The molecule has 0 saturated heterocycles. The summed E-state index contributed by atoms with van der Waals surface area (Å²) in [5, 5.41) is 6.47. The van der Waals surface area contributed by atoms with Crippen LogP contribution in [0.25, 0.3) is 10.9 Å². The van der Waals surface area contributed by atoms with Gasteiger partial charge in [-0.25, -0.2) is 0 Å².